The lowest BCUT2D eigenvalue weighted by Crippen LogP contribution is -2.16. The van der Waals surface area contributed by atoms with Gasteiger partial charge >= 0.3 is 0 Å². The Bertz CT molecular complexity index is 948. The van der Waals surface area contributed by atoms with Gasteiger partial charge in [-0.2, -0.15) is 0 Å². The molecule has 142 valence electrons. The highest BCUT2D eigenvalue weighted by Crippen LogP contribution is 2.28. The van der Waals surface area contributed by atoms with Gasteiger partial charge in [0.1, 0.15) is 0 Å². The smallest absolute Gasteiger partial charge is 0.234 e. The molecule has 0 radical (unpaired) electrons. The van der Waals surface area contributed by atoms with E-state index in [9.17, 15) is 4.79 Å². The van der Waals surface area contributed by atoms with Gasteiger partial charge in [0.25, 0.3) is 0 Å². The molecular formula is C20H22ClN3O2S. The van der Waals surface area contributed by atoms with Crippen molar-refractivity contribution in [2.45, 2.75) is 25.5 Å². The molecule has 2 aromatic carbocycles. The first kappa shape index (κ1) is 19.7. The molecule has 0 aliphatic rings. The van der Waals surface area contributed by atoms with Crippen molar-refractivity contribution < 1.29 is 9.53 Å². The standard InChI is InChI=1S/C20H22ClN3O2S/c1-13-10-14(2)19(15(21)11-13)23-18(25)12-27-20-22-16-6-4-5-7-17(16)24(20)8-9-26-3/h4-7,10-11H,8-9,12H2,1-3H3,(H,23,25). The second-order valence-electron chi connectivity index (χ2n) is 6.30. The van der Waals surface area contributed by atoms with Crippen LogP contribution in [0.1, 0.15) is 11.1 Å². The maximum absolute atomic E-state index is 12.5. The highest BCUT2D eigenvalue weighted by atomic mass is 35.5. The molecule has 7 heteroatoms. The minimum absolute atomic E-state index is 0.112. The summed E-state index contributed by atoms with van der Waals surface area (Å²) in [5.74, 6) is 0.138. The van der Waals surface area contributed by atoms with E-state index in [4.69, 9.17) is 16.3 Å². The van der Waals surface area contributed by atoms with Gasteiger partial charge in [-0.05, 0) is 43.2 Å². The largest absolute Gasteiger partial charge is 0.383 e. The molecule has 27 heavy (non-hydrogen) atoms. The summed E-state index contributed by atoms with van der Waals surface area (Å²) in [5, 5.41) is 4.27. The summed E-state index contributed by atoms with van der Waals surface area (Å²) in [7, 11) is 1.67. The first-order valence-electron chi connectivity index (χ1n) is 8.63. The lowest BCUT2D eigenvalue weighted by molar-refractivity contribution is -0.113. The Hall–Kier alpha value is -2.02. The van der Waals surface area contributed by atoms with Crippen molar-refractivity contribution in [1.29, 1.82) is 0 Å². The number of imidazole rings is 1. The predicted molar refractivity (Wildman–Crippen MR) is 112 cm³/mol. The third kappa shape index (κ3) is 4.64. The number of amides is 1. The first-order chi connectivity index (χ1) is 13.0. The first-order valence-corrected chi connectivity index (χ1v) is 9.99. The van der Waals surface area contributed by atoms with Crippen LogP contribution < -0.4 is 5.32 Å². The van der Waals surface area contributed by atoms with Crippen LogP contribution in [-0.4, -0.2) is 34.9 Å². The number of ether oxygens (including phenoxy) is 1. The fraction of sp³-hybridized carbons (Fsp3) is 0.300. The number of carbonyl (C=O) groups is 1. The quantitative estimate of drug-likeness (QED) is 0.582. The maximum atomic E-state index is 12.5. The number of nitrogens with zero attached hydrogens (tertiary/aromatic N) is 2. The molecule has 0 fully saturated rings. The Labute approximate surface area is 168 Å². The molecule has 3 aromatic rings. The number of rotatable bonds is 7. The van der Waals surface area contributed by atoms with Crippen LogP contribution in [0.25, 0.3) is 11.0 Å². The van der Waals surface area contributed by atoms with Crippen molar-refractivity contribution in [2.24, 2.45) is 0 Å². The van der Waals surface area contributed by atoms with Gasteiger partial charge in [0.15, 0.2) is 5.16 Å². The van der Waals surface area contributed by atoms with Crippen molar-refractivity contribution >= 4 is 46.0 Å². The van der Waals surface area contributed by atoms with Crippen molar-refractivity contribution in [1.82, 2.24) is 9.55 Å². The fourth-order valence-electron chi connectivity index (χ4n) is 2.94. The van der Waals surface area contributed by atoms with Crippen molar-refractivity contribution in [2.75, 3.05) is 24.8 Å². The van der Waals surface area contributed by atoms with E-state index in [2.05, 4.69) is 14.9 Å². The van der Waals surface area contributed by atoms with Gasteiger partial charge in [-0.25, -0.2) is 4.98 Å². The zero-order valence-electron chi connectivity index (χ0n) is 15.6. The molecule has 0 saturated carbocycles. The van der Waals surface area contributed by atoms with E-state index in [0.717, 1.165) is 27.3 Å². The van der Waals surface area contributed by atoms with E-state index >= 15 is 0 Å². The van der Waals surface area contributed by atoms with Crippen LogP contribution >= 0.6 is 23.4 Å². The van der Waals surface area contributed by atoms with Crippen LogP contribution in [0.2, 0.25) is 5.02 Å². The molecule has 0 aliphatic carbocycles. The number of hydrogen-bond donors (Lipinski definition) is 1. The molecule has 0 atom stereocenters. The minimum Gasteiger partial charge on any atom is -0.383 e. The summed E-state index contributed by atoms with van der Waals surface area (Å²) in [5.41, 5.74) is 4.63. The summed E-state index contributed by atoms with van der Waals surface area (Å²) in [6, 6.07) is 11.8. The third-order valence-corrected chi connectivity index (χ3v) is 5.44. The van der Waals surface area contributed by atoms with E-state index in [1.54, 1.807) is 7.11 Å². The summed E-state index contributed by atoms with van der Waals surface area (Å²) >= 11 is 7.69. The van der Waals surface area contributed by atoms with Gasteiger partial charge in [0.05, 0.1) is 34.1 Å². The SMILES string of the molecule is COCCn1c(SCC(=O)Nc2c(C)cc(C)cc2Cl)nc2ccccc21. The van der Waals surface area contributed by atoms with Crippen LogP contribution in [0.4, 0.5) is 5.69 Å². The zero-order chi connectivity index (χ0) is 19.4. The number of aromatic nitrogens is 2. The molecule has 3 rings (SSSR count). The average molecular weight is 404 g/mol. The molecule has 0 spiro atoms. The number of fused-ring (bicyclic) bond motifs is 1. The monoisotopic (exact) mass is 403 g/mol. The molecule has 1 N–H and O–H groups in total. The summed E-state index contributed by atoms with van der Waals surface area (Å²) in [4.78, 5) is 17.1. The van der Waals surface area contributed by atoms with Gasteiger partial charge in [0.2, 0.25) is 5.91 Å². The number of benzene rings is 2. The van der Waals surface area contributed by atoms with Crippen LogP contribution in [-0.2, 0) is 16.1 Å². The molecule has 1 aromatic heterocycles. The second kappa shape index (κ2) is 8.78. The van der Waals surface area contributed by atoms with Crippen molar-refractivity contribution in [3.8, 4) is 0 Å². The van der Waals surface area contributed by atoms with Gasteiger partial charge in [-0.1, -0.05) is 41.6 Å². The molecule has 0 saturated heterocycles. The lowest BCUT2D eigenvalue weighted by atomic mass is 10.1. The molecule has 5 nitrogen and oxygen atoms in total. The number of halogens is 1. The molecule has 0 aliphatic heterocycles. The summed E-state index contributed by atoms with van der Waals surface area (Å²) < 4.78 is 7.29. The molecule has 0 unspecified atom stereocenters. The van der Waals surface area contributed by atoms with Crippen molar-refractivity contribution in [3.05, 3.63) is 52.5 Å². The van der Waals surface area contributed by atoms with Gasteiger partial charge in [-0.15, -0.1) is 0 Å². The maximum Gasteiger partial charge on any atom is 0.234 e. The zero-order valence-corrected chi connectivity index (χ0v) is 17.2. The van der Waals surface area contributed by atoms with Crippen LogP contribution in [0.15, 0.2) is 41.6 Å². The predicted octanol–water partition coefficient (Wildman–Crippen LogP) is 4.68. The number of methoxy groups -OCH3 is 1. The lowest BCUT2D eigenvalue weighted by Gasteiger charge is -2.12. The van der Waals surface area contributed by atoms with E-state index in [1.807, 2.05) is 50.2 Å². The number of carbonyl (C=O) groups excluding carboxylic acids is 1. The Balaban J connectivity index is 1.74. The van der Waals surface area contributed by atoms with E-state index < -0.39 is 0 Å². The van der Waals surface area contributed by atoms with Gasteiger partial charge in [-0.3, -0.25) is 4.79 Å². The molecule has 0 bridgehead atoms. The highest BCUT2D eigenvalue weighted by Gasteiger charge is 2.14. The van der Waals surface area contributed by atoms with Crippen LogP contribution in [0.3, 0.4) is 0 Å². The van der Waals surface area contributed by atoms with E-state index in [1.165, 1.54) is 11.8 Å². The number of anilines is 1. The number of nitrogens with one attached hydrogen (secondary N) is 1. The van der Waals surface area contributed by atoms with E-state index in [0.29, 0.717) is 23.9 Å². The van der Waals surface area contributed by atoms with Gasteiger partial charge in [0, 0.05) is 13.7 Å². The van der Waals surface area contributed by atoms with E-state index in [-0.39, 0.29) is 11.7 Å². The Morgan fingerprint density at radius 2 is 2.07 bits per heavy atom. The average Bonchev–Trinajstić information content (AvgIpc) is 2.98. The van der Waals surface area contributed by atoms with Crippen molar-refractivity contribution in [3.63, 3.8) is 0 Å². The molecular weight excluding hydrogens is 382 g/mol. The summed E-state index contributed by atoms with van der Waals surface area (Å²) in [6.07, 6.45) is 0. The fourth-order valence-corrected chi connectivity index (χ4v) is 4.15. The highest BCUT2D eigenvalue weighted by molar-refractivity contribution is 7.99. The Morgan fingerprint density at radius 1 is 1.30 bits per heavy atom. The number of para-hydroxylation sites is 2. The topological polar surface area (TPSA) is 56.1 Å². The third-order valence-electron chi connectivity index (χ3n) is 4.17. The van der Waals surface area contributed by atoms with Crippen LogP contribution in [0, 0.1) is 13.8 Å². The number of hydrogen-bond acceptors (Lipinski definition) is 4. The second-order valence-corrected chi connectivity index (χ2v) is 7.65. The number of thioether (sulfide) groups is 1. The Morgan fingerprint density at radius 3 is 2.81 bits per heavy atom. The van der Waals surface area contributed by atoms with Crippen LogP contribution in [0.5, 0.6) is 0 Å². The summed E-state index contributed by atoms with van der Waals surface area (Å²) in [6.45, 7) is 5.18. The van der Waals surface area contributed by atoms with Gasteiger partial charge < -0.3 is 14.6 Å². The molecule has 1 heterocycles. The normalized spacial score (nSPS) is 11.1. The number of aryl methyl sites for hydroxylation is 2. The molecule has 1 amide bonds. The minimum atomic E-state index is -0.112. The Kier molecular flexibility index (Phi) is 6.42.